The van der Waals surface area contributed by atoms with Crippen LogP contribution >= 0.6 is 24.0 Å². The number of hydrogen-bond donors (Lipinski definition) is 3. The molecule has 6 heteroatoms. The zero-order valence-corrected chi connectivity index (χ0v) is 17.0. The van der Waals surface area contributed by atoms with E-state index in [0.29, 0.717) is 6.54 Å². The lowest BCUT2D eigenvalue weighted by Gasteiger charge is -2.15. The number of fused-ring (bicyclic) bond motifs is 2. The van der Waals surface area contributed by atoms with Crippen LogP contribution in [0.15, 0.2) is 59.6 Å². The summed E-state index contributed by atoms with van der Waals surface area (Å²) in [4.78, 5) is 7.71. The number of benzene rings is 2. The number of hydrogen-bond acceptors (Lipinski definition) is 2. The number of nitrogens with one attached hydrogen (secondary N) is 3. The predicted molar refractivity (Wildman–Crippen MR) is 116 cm³/mol. The standard InChI is InChI=1S/C20H22N4O.HI/c1-21-20(22-12-16-10-14-6-2-4-8-18(14)24-16)23-13-17-11-15-7-3-5-9-19(15)25-17;/h2-10,17,24H,11-13H2,1H3,(H2,21,22,23);1H. The molecule has 0 spiro atoms. The second kappa shape index (κ2) is 8.44. The van der Waals surface area contributed by atoms with Gasteiger partial charge in [-0.1, -0.05) is 36.4 Å². The van der Waals surface area contributed by atoms with Gasteiger partial charge >= 0.3 is 0 Å². The normalized spacial score (nSPS) is 15.9. The summed E-state index contributed by atoms with van der Waals surface area (Å²) in [5.74, 6) is 1.77. The van der Waals surface area contributed by atoms with Crippen molar-refractivity contribution in [2.24, 2.45) is 4.99 Å². The molecule has 5 nitrogen and oxygen atoms in total. The molecule has 0 fully saturated rings. The minimum atomic E-state index is 0. The van der Waals surface area contributed by atoms with Gasteiger partial charge in [0.25, 0.3) is 0 Å². The zero-order chi connectivity index (χ0) is 17.1. The summed E-state index contributed by atoms with van der Waals surface area (Å²) in [5, 5.41) is 7.92. The van der Waals surface area contributed by atoms with Gasteiger partial charge in [0, 0.05) is 24.7 Å². The van der Waals surface area contributed by atoms with Gasteiger partial charge in [-0.2, -0.15) is 0 Å². The van der Waals surface area contributed by atoms with Crippen molar-refractivity contribution < 1.29 is 4.74 Å². The van der Waals surface area contributed by atoms with Gasteiger partial charge in [-0.05, 0) is 29.1 Å². The summed E-state index contributed by atoms with van der Waals surface area (Å²) in [5.41, 5.74) is 3.56. The van der Waals surface area contributed by atoms with E-state index in [2.05, 4.69) is 50.9 Å². The highest BCUT2D eigenvalue weighted by Gasteiger charge is 2.22. The Morgan fingerprint density at radius 1 is 1.15 bits per heavy atom. The number of aromatic amines is 1. The molecule has 1 aromatic heterocycles. The van der Waals surface area contributed by atoms with Crippen molar-refractivity contribution in [1.29, 1.82) is 0 Å². The first-order valence-electron chi connectivity index (χ1n) is 8.57. The van der Waals surface area contributed by atoms with Crippen molar-refractivity contribution in [3.8, 4) is 5.75 Å². The Labute approximate surface area is 170 Å². The number of ether oxygens (including phenoxy) is 1. The van der Waals surface area contributed by atoms with Crippen molar-refractivity contribution in [2.45, 2.75) is 19.1 Å². The maximum atomic E-state index is 5.95. The molecule has 136 valence electrons. The molecule has 0 saturated carbocycles. The van der Waals surface area contributed by atoms with Gasteiger partial charge in [-0.3, -0.25) is 4.99 Å². The third-order valence-electron chi connectivity index (χ3n) is 4.47. The lowest BCUT2D eigenvalue weighted by Crippen LogP contribution is -2.42. The fraction of sp³-hybridized carbons (Fsp3) is 0.250. The second-order valence-corrected chi connectivity index (χ2v) is 6.24. The minimum Gasteiger partial charge on any atom is -0.488 e. The van der Waals surface area contributed by atoms with E-state index in [1.54, 1.807) is 7.05 Å². The lowest BCUT2D eigenvalue weighted by molar-refractivity contribution is 0.235. The molecule has 3 aromatic rings. The van der Waals surface area contributed by atoms with Crippen molar-refractivity contribution >= 4 is 40.8 Å². The van der Waals surface area contributed by atoms with Crippen molar-refractivity contribution in [3.63, 3.8) is 0 Å². The number of para-hydroxylation sites is 2. The number of aliphatic imine (C=N–C) groups is 1. The fourth-order valence-electron chi connectivity index (χ4n) is 3.21. The van der Waals surface area contributed by atoms with Crippen LogP contribution in [-0.4, -0.2) is 30.6 Å². The molecule has 1 aliphatic heterocycles. The summed E-state index contributed by atoms with van der Waals surface area (Å²) >= 11 is 0. The van der Waals surface area contributed by atoms with Crippen LogP contribution in [0.25, 0.3) is 10.9 Å². The van der Waals surface area contributed by atoms with Crippen LogP contribution in [0.5, 0.6) is 5.75 Å². The van der Waals surface area contributed by atoms with Crippen LogP contribution in [-0.2, 0) is 13.0 Å². The smallest absolute Gasteiger partial charge is 0.191 e. The first-order chi connectivity index (χ1) is 12.3. The van der Waals surface area contributed by atoms with Gasteiger partial charge in [0.1, 0.15) is 11.9 Å². The number of aromatic nitrogens is 1. The molecule has 0 saturated heterocycles. The summed E-state index contributed by atoms with van der Waals surface area (Å²) in [6.45, 7) is 1.42. The summed E-state index contributed by atoms with van der Waals surface area (Å²) in [7, 11) is 1.78. The van der Waals surface area contributed by atoms with E-state index in [-0.39, 0.29) is 30.1 Å². The largest absolute Gasteiger partial charge is 0.488 e. The van der Waals surface area contributed by atoms with Gasteiger partial charge in [0.15, 0.2) is 5.96 Å². The Morgan fingerprint density at radius 3 is 2.77 bits per heavy atom. The molecule has 2 aromatic carbocycles. The van der Waals surface area contributed by atoms with E-state index in [4.69, 9.17) is 4.74 Å². The Kier molecular flexibility index (Phi) is 6.03. The highest BCUT2D eigenvalue weighted by molar-refractivity contribution is 14.0. The number of guanidine groups is 1. The van der Waals surface area contributed by atoms with Crippen LogP contribution in [0.2, 0.25) is 0 Å². The van der Waals surface area contributed by atoms with Crippen LogP contribution in [0, 0.1) is 0 Å². The zero-order valence-electron chi connectivity index (χ0n) is 14.7. The van der Waals surface area contributed by atoms with Gasteiger partial charge in [0.2, 0.25) is 0 Å². The predicted octanol–water partition coefficient (Wildman–Crippen LogP) is 3.45. The molecular formula is C20H23IN4O. The molecule has 1 aliphatic rings. The molecule has 4 rings (SSSR count). The van der Waals surface area contributed by atoms with Gasteiger partial charge in [0.05, 0.1) is 13.1 Å². The van der Waals surface area contributed by atoms with Crippen molar-refractivity contribution in [3.05, 3.63) is 65.9 Å². The molecular weight excluding hydrogens is 439 g/mol. The Hall–Kier alpha value is -2.22. The molecule has 1 unspecified atom stereocenters. The molecule has 0 radical (unpaired) electrons. The Balaban J connectivity index is 0.00000196. The Morgan fingerprint density at radius 2 is 1.96 bits per heavy atom. The molecule has 0 amide bonds. The minimum absolute atomic E-state index is 0. The third kappa shape index (κ3) is 4.12. The molecule has 26 heavy (non-hydrogen) atoms. The quantitative estimate of drug-likeness (QED) is 0.316. The van der Waals surface area contributed by atoms with E-state index in [1.165, 1.54) is 10.9 Å². The number of nitrogens with zero attached hydrogens (tertiary/aromatic N) is 1. The average Bonchev–Trinajstić information content (AvgIpc) is 3.24. The van der Waals surface area contributed by atoms with Gasteiger partial charge in [-0.25, -0.2) is 0 Å². The van der Waals surface area contributed by atoms with Crippen LogP contribution < -0.4 is 15.4 Å². The molecule has 0 bridgehead atoms. The average molecular weight is 462 g/mol. The van der Waals surface area contributed by atoms with Crippen LogP contribution in [0.3, 0.4) is 0 Å². The number of H-pyrrole nitrogens is 1. The lowest BCUT2D eigenvalue weighted by atomic mass is 10.1. The van der Waals surface area contributed by atoms with E-state index >= 15 is 0 Å². The number of halogens is 1. The topological polar surface area (TPSA) is 61.4 Å². The first kappa shape index (κ1) is 18.6. The SMILES string of the molecule is CN=C(NCc1cc2ccccc2[nH]1)NCC1Cc2ccccc2O1.I. The molecule has 2 heterocycles. The fourth-order valence-corrected chi connectivity index (χ4v) is 3.21. The summed E-state index contributed by atoms with van der Waals surface area (Å²) in [6.07, 6.45) is 1.08. The van der Waals surface area contributed by atoms with E-state index in [0.717, 1.165) is 35.9 Å². The number of rotatable bonds is 4. The van der Waals surface area contributed by atoms with Crippen molar-refractivity contribution in [2.75, 3.05) is 13.6 Å². The van der Waals surface area contributed by atoms with Crippen LogP contribution in [0.4, 0.5) is 0 Å². The Bertz CT molecular complexity index is 847. The second-order valence-electron chi connectivity index (χ2n) is 6.24. The van der Waals surface area contributed by atoms with E-state index in [1.807, 2.05) is 24.3 Å². The molecule has 0 aliphatic carbocycles. The highest BCUT2D eigenvalue weighted by atomic mass is 127. The van der Waals surface area contributed by atoms with Gasteiger partial charge in [-0.15, -0.1) is 24.0 Å². The van der Waals surface area contributed by atoms with Crippen LogP contribution in [0.1, 0.15) is 11.3 Å². The van der Waals surface area contributed by atoms with Gasteiger partial charge < -0.3 is 20.4 Å². The van der Waals surface area contributed by atoms with Crippen molar-refractivity contribution in [1.82, 2.24) is 15.6 Å². The first-order valence-corrected chi connectivity index (χ1v) is 8.57. The maximum absolute atomic E-state index is 5.95. The third-order valence-corrected chi connectivity index (χ3v) is 4.47. The summed E-state index contributed by atoms with van der Waals surface area (Å²) in [6, 6.07) is 18.7. The highest BCUT2D eigenvalue weighted by Crippen LogP contribution is 2.27. The monoisotopic (exact) mass is 462 g/mol. The van der Waals surface area contributed by atoms with E-state index < -0.39 is 0 Å². The maximum Gasteiger partial charge on any atom is 0.191 e. The molecule has 1 atom stereocenters. The molecule has 3 N–H and O–H groups in total. The van der Waals surface area contributed by atoms with E-state index in [9.17, 15) is 0 Å². The summed E-state index contributed by atoms with van der Waals surface area (Å²) < 4.78 is 5.95.